The van der Waals surface area contributed by atoms with Crippen LogP contribution in [0.1, 0.15) is 62.2 Å². The highest BCUT2D eigenvalue weighted by atomic mass is 16.1. The molecule has 0 aliphatic heterocycles. The lowest BCUT2D eigenvalue weighted by atomic mass is 9.63. The van der Waals surface area contributed by atoms with Gasteiger partial charge in [0.15, 0.2) is 5.43 Å². The van der Waals surface area contributed by atoms with Crippen molar-refractivity contribution in [1.29, 1.82) is 0 Å². The van der Waals surface area contributed by atoms with Crippen LogP contribution in [0.2, 0.25) is 0 Å². The second kappa shape index (κ2) is 6.03. The number of aromatic amines is 1. The molecule has 0 atom stereocenters. The summed E-state index contributed by atoms with van der Waals surface area (Å²) in [5, 5.41) is 0.234. The molecule has 1 amide bonds. The van der Waals surface area contributed by atoms with Gasteiger partial charge in [0.25, 0.3) is 5.91 Å². The normalized spacial score (nSPS) is 17.3. The average molecular weight is 375 g/mol. The molecule has 0 bridgehead atoms. The largest absolute Gasteiger partial charge is 0.364 e. The molecule has 5 nitrogen and oxygen atoms in total. The van der Waals surface area contributed by atoms with Gasteiger partial charge in [-0.3, -0.25) is 14.6 Å². The van der Waals surface area contributed by atoms with Crippen LogP contribution in [0, 0.1) is 0 Å². The summed E-state index contributed by atoms with van der Waals surface area (Å²) in [4.78, 5) is 31.6. The van der Waals surface area contributed by atoms with Crippen LogP contribution in [-0.2, 0) is 10.8 Å². The first-order valence-corrected chi connectivity index (χ1v) is 9.57. The summed E-state index contributed by atoms with van der Waals surface area (Å²) in [5.74, 6) is -0.707. The number of benzene rings is 1. The maximum Gasteiger partial charge on any atom is 0.268 e. The number of pyridine rings is 2. The Morgan fingerprint density at radius 1 is 1.04 bits per heavy atom. The Labute approximate surface area is 164 Å². The monoisotopic (exact) mass is 375 g/mol. The minimum atomic E-state index is -0.707. The van der Waals surface area contributed by atoms with Crippen LogP contribution in [0.5, 0.6) is 0 Å². The predicted molar refractivity (Wildman–Crippen MR) is 112 cm³/mol. The number of nitrogens with one attached hydrogen (secondary N) is 1. The second-order valence-corrected chi connectivity index (χ2v) is 9.02. The maximum absolute atomic E-state index is 12.7. The lowest BCUT2D eigenvalue weighted by Gasteiger charge is -2.42. The molecule has 5 heteroatoms. The van der Waals surface area contributed by atoms with E-state index in [4.69, 9.17) is 5.73 Å². The van der Waals surface area contributed by atoms with Crippen molar-refractivity contribution in [2.24, 2.45) is 5.73 Å². The SMILES string of the molecule is CC1(C)CCC(C)(C)c2cc(-c3cc(=O)c4c(C(N)=O)nccc4[nH]3)ccc21. The van der Waals surface area contributed by atoms with Gasteiger partial charge in [-0.1, -0.05) is 39.8 Å². The number of hydrogen-bond acceptors (Lipinski definition) is 3. The number of H-pyrrole nitrogens is 1. The topological polar surface area (TPSA) is 88.8 Å². The van der Waals surface area contributed by atoms with Gasteiger partial charge in [0.2, 0.25) is 0 Å². The molecule has 0 saturated heterocycles. The van der Waals surface area contributed by atoms with E-state index in [0.29, 0.717) is 5.52 Å². The van der Waals surface area contributed by atoms with Crippen molar-refractivity contribution >= 4 is 16.8 Å². The molecule has 28 heavy (non-hydrogen) atoms. The third kappa shape index (κ3) is 2.82. The number of fused-ring (bicyclic) bond motifs is 2. The summed E-state index contributed by atoms with van der Waals surface area (Å²) in [5.41, 5.74) is 10.3. The Balaban J connectivity index is 1.93. The summed E-state index contributed by atoms with van der Waals surface area (Å²) in [7, 11) is 0. The van der Waals surface area contributed by atoms with Crippen LogP contribution >= 0.6 is 0 Å². The lowest BCUT2D eigenvalue weighted by Crippen LogP contribution is -2.33. The predicted octanol–water partition coefficient (Wildman–Crippen LogP) is 4.04. The summed E-state index contributed by atoms with van der Waals surface area (Å²) in [6, 6.07) is 9.67. The molecule has 3 N–H and O–H groups in total. The molecule has 0 unspecified atom stereocenters. The molecule has 1 aliphatic carbocycles. The van der Waals surface area contributed by atoms with Crippen molar-refractivity contribution in [3.05, 3.63) is 63.6 Å². The molecule has 2 heterocycles. The standard InChI is InChI=1S/C23H25N3O2/c1-22(2)8-9-23(3,4)15-11-13(5-6-14(15)22)17-12-18(27)19-16(26-17)7-10-25-20(19)21(24)28/h5-7,10-12H,8-9H2,1-4H3,(H2,24,28)(H,26,27). The quantitative estimate of drug-likeness (QED) is 0.708. The van der Waals surface area contributed by atoms with Gasteiger partial charge in [-0.05, 0) is 52.5 Å². The number of hydrogen-bond donors (Lipinski definition) is 2. The number of nitrogens with two attached hydrogens (primary N) is 1. The number of amides is 1. The Bertz CT molecular complexity index is 1170. The Morgan fingerprint density at radius 2 is 1.71 bits per heavy atom. The number of nitrogens with zero attached hydrogens (tertiary/aromatic N) is 1. The van der Waals surface area contributed by atoms with Gasteiger partial charge in [-0.15, -0.1) is 0 Å². The number of aromatic nitrogens is 2. The van der Waals surface area contributed by atoms with E-state index in [0.717, 1.165) is 24.1 Å². The van der Waals surface area contributed by atoms with Gasteiger partial charge in [0.05, 0.1) is 10.9 Å². The first kappa shape index (κ1) is 18.4. The van der Waals surface area contributed by atoms with Crippen molar-refractivity contribution < 1.29 is 4.79 Å². The molecule has 144 valence electrons. The Kier molecular flexibility index (Phi) is 3.96. The molecule has 0 fully saturated rings. The number of carbonyl (C=O) groups excluding carboxylic acids is 1. The maximum atomic E-state index is 12.7. The lowest BCUT2D eigenvalue weighted by molar-refractivity contribution is 0.0997. The molecule has 4 rings (SSSR count). The molecular weight excluding hydrogens is 350 g/mol. The van der Waals surface area contributed by atoms with Crippen molar-refractivity contribution in [2.45, 2.75) is 51.4 Å². The van der Waals surface area contributed by atoms with Crippen molar-refractivity contribution in [1.82, 2.24) is 9.97 Å². The van der Waals surface area contributed by atoms with Gasteiger partial charge in [0.1, 0.15) is 5.69 Å². The first-order valence-electron chi connectivity index (χ1n) is 9.57. The fraction of sp³-hybridized carbons (Fsp3) is 0.348. The van der Waals surface area contributed by atoms with Crippen molar-refractivity contribution in [2.75, 3.05) is 0 Å². The van der Waals surface area contributed by atoms with Crippen LogP contribution in [0.15, 0.2) is 41.3 Å². The van der Waals surface area contributed by atoms with Gasteiger partial charge in [0, 0.05) is 18.0 Å². The van der Waals surface area contributed by atoms with E-state index in [1.165, 1.54) is 23.4 Å². The van der Waals surface area contributed by atoms with Crippen LogP contribution in [0.4, 0.5) is 0 Å². The fourth-order valence-electron chi connectivity index (χ4n) is 4.30. The van der Waals surface area contributed by atoms with Crippen LogP contribution in [0.25, 0.3) is 22.2 Å². The Hall–Kier alpha value is -2.95. The molecule has 3 aromatic rings. The molecule has 0 spiro atoms. The summed E-state index contributed by atoms with van der Waals surface area (Å²) in [6.45, 7) is 9.13. The van der Waals surface area contributed by atoms with Crippen LogP contribution in [0.3, 0.4) is 0 Å². The zero-order valence-corrected chi connectivity index (χ0v) is 16.7. The van der Waals surface area contributed by atoms with E-state index >= 15 is 0 Å². The zero-order chi connectivity index (χ0) is 20.3. The first-order chi connectivity index (χ1) is 13.1. The van der Waals surface area contributed by atoms with E-state index in [9.17, 15) is 9.59 Å². The Morgan fingerprint density at radius 3 is 2.39 bits per heavy atom. The van der Waals surface area contributed by atoms with Gasteiger partial charge in [-0.25, -0.2) is 0 Å². The van der Waals surface area contributed by atoms with Crippen molar-refractivity contribution in [3.63, 3.8) is 0 Å². The summed E-state index contributed by atoms with van der Waals surface area (Å²) < 4.78 is 0. The number of primary amides is 1. The zero-order valence-electron chi connectivity index (χ0n) is 16.7. The molecule has 2 aromatic heterocycles. The molecule has 0 radical (unpaired) electrons. The van der Waals surface area contributed by atoms with E-state index in [1.54, 1.807) is 6.07 Å². The summed E-state index contributed by atoms with van der Waals surface area (Å²) >= 11 is 0. The number of carbonyl (C=O) groups is 1. The van der Waals surface area contributed by atoms with Crippen LogP contribution in [-0.4, -0.2) is 15.9 Å². The van der Waals surface area contributed by atoms with Gasteiger partial charge in [-0.2, -0.15) is 0 Å². The highest BCUT2D eigenvalue weighted by Gasteiger charge is 2.37. The highest BCUT2D eigenvalue weighted by molar-refractivity contribution is 6.03. The van der Waals surface area contributed by atoms with E-state index in [-0.39, 0.29) is 27.3 Å². The third-order valence-electron chi connectivity index (χ3n) is 6.14. The molecule has 1 aromatic carbocycles. The van der Waals surface area contributed by atoms with Crippen LogP contribution < -0.4 is 11.2 Å². The van der Waals surface area contributed by atoms with Crippen molar-refractivity contribution in [3.8, 4) is 11.3 Å². The minimum absolute atomic E-state index is 0.00127. The molecule has 0 saturated carbocycles. The van der Waals surface area contributed by atoms with Gasteiger partial charge >= 0.3 is 0 Å². The smallest absolute Gasteiger partial charge is 0.268 e. The highest BCUT2D eigenvalue weighted by Crippen LogP contribution is 2.46. The van der Waals surface area contributed by atoms with Gasteiger partial charge < -0.3 is 10.7 Å². The molecular formula is C23H25N3O2. The van der Waals surface area contributed by atoms with E-state index < -0.39 is 5.91 Å². The molecule has 1 aliphatic rings. The third-order valence-corrected chi connectivity index (χ3v) is 6.14. The second-order valence-electron chi connectivity index (χ2n) is 9.02. The van der Waals surface area contributed by atoms with E-state index in [1.807, 2.05) is 0 Å². The average Bonchev–Trinajstić information content (AvgIpc) is 2.64. The fourth-order valence-corrected chi connectivity index (χ4v) is 4.30. The number of rotatable bonds is 2. The minimum Gasteiger partial charge on any atom is -0.364 e. The summed E-state index contributed by atoms with van der Waals surface area (Å²) in [6.07, 6.45) is 3.76. The van der Waals surface area contributed by atoms with E-state index in [2.05, 4.69) is 55.9 Å².